The van der Waals surface area contributed by atoms with Crippen LogP contribution >= 0.6 is 0 Å². The van der Waals surface area contributed by atoms with Crippen LogP contribution in [0.4, 0.5) is 11.4 Å². The predicted molar refractivity (Wildman–Crippen MR) is 111 cm³/mol. The van der Waals surface area contributed by atoms with Crippen LogP contribution < -0.4 is 20.3 Å². The molecule has 30 heavy (non-hydrogen) atoms. The van der Waals surface area contributed by atoms with Crippen molar-refractivity contribution < 1.29 is 14.3 Å². The van der Waals surface area contributed by atoms with E-state index in [0.717, 1.165) is 25.1 Å². The SMILES string of the molecule is O=C(C1CNC1)N(c1ccc(O[C@]2(C(=O)C3CC3)CCNC2)cc1)c1ccnnc1. The summed E-state index contributed by atoms with van der Waals surface area (Å²) in [5.41, 5.74) is 0.639. The normalized spacial score (nSPS) is 23.6. The van der Waals surface area contributed by atoms with Crippen molar-refractivity contribution in [1.82, 2.24) is 20.8 Å². The molecule has 1 saturated carbocycles. The highest BCUT2D eigenvalue weighted by atomic mass is 16.5. The Morgan fingerprint density at radius 3 is 2.37 bits per heavy atom. The number of rotatable bonds is 7. The molecule has 0 unspecified atom stereocenters. The minimum atomic E-state index is -0.773. The van der Waals surface area contributed by atoms with Gasteiger partial charge in [-0.1, -0.05) is 0 Å². The van der Waals surface area contributed by atoms with Crippen LogP contribution in [0.1, 0.15) is 19.3 Å². The van der Waals surface area contributed by atoms with Crippen LogP contribution in [0.25, 0.3) is 0 Å². The van der Waals surface area contributed by atoms with Crippen molar-refractivity contribution in [1.29, 1.82) is 0 Å². The van der Waals surface area contributed by atoms with Gasteiger partial charge in [0.1, 0.15) is 5.75 Å². The van der Waals surface area contributed by atoms with Gasteiger partial charge in [0.15, 0.2) is 11.4 Å². The summed E-state index contributed by atoms with van der Waals surface area (Å²) in [5, 5.41) is 14.2. The number of carbonyl (C=O) groups is 2. The Balaban J connectivity index is 1.39. The van der Waals surface area contributed by atoms with Crippen molar-refractivity contribution in [3.63, 3.8) is 0 Å². The average molecular weight is 407 g/mol. The number of Topliss-reactive ketones (excluding diaryl/α,β-unsaturated/α-hetero) is 1. The van der Waals surface area contributed by atoms with Gasteiger partial charge in [-0.2, -0.15) is 10.2 Å². The zero-order valence-electron chi connectivity index (χ0n) is 16.7. The average Bonchev–Trinajstić information content (AvgIpc) is 3.47. The van der Waals surface area contributed by atoms with Gasteiger partial charge in [0.05, 0.1) is 24.0 Å². The maximum absolute atomic E-state index is 13.1. The molecule has 1 aromatic heterocycles. The molecule has 2 N–H and O–H groups in total. The molecule has 3 heterocycles. The summed E-state index contributed by atoms with van der Waals surface area (Å²) in [6, 6.07) is 9.16. The molecule has 8 heteroatoms. The van der Waals surface area contributed by atoms with Crippen LogP contribution in [0.3, 0.4) is 0 Å². The van der Waals surface area contributed by atoms with Crippen molar-refractivity contribution in [2.24, 2.45) is 11.8 Å². The second-order valence-corrected chi connectivity index (χ2v) is 8.29. The van der Waals surface area contributed by atoms with Crippen LogP contribution in [0.15, 0.2) is 42.7 Å². The summed E-state index contributed by atoms with van der Waals surface area (Å²) in [6.07, 6.45) is 5.78. The van der Waals surface area contributed by atoms with E-state index in [1.165, 1.54) is 0 Å². The van der Waals surface area contributed by atoms with E-state index in [2.05, 4.69) is 20.8 Å². The highest BCUT2D eigenvalue weighted by molar-refractivity contribution is 6.02. The molecule has 8 nitrogen and oxygen atoms in total. The number of aromatic nitrogens is 2. The minimum absolute atomic E-state index is 0.0239. The summed E-state index contributed by atoms with van der Waals surface area (Å²) < 4.78 is 6.26. The lowest BCUT2D eigenvalue weighted by molar-refractivity contribution is -0.134. The van der Waals surface area contributed by atoms with E-state index in [9.17, 15) is 9.59 Å². The van der Waals surface area contributed by atoms with Gasteiger partial charge in [0, 0.05) is 37.7 Å². The molecule has 1 amide bonds. The third-order valence-corrected chi connectivity index (χ3v) is 6.10. The topological polar surface area (TPSA) is 96.5 Å². The lowest BCUT2D eigenvalue weighted by Gasteiger charge is -2.32. The minimum Gasteiger partial charge on any atom is -0.478 e. The highest BCUT2D eigenvalue weighted by Crippen LogP contribution is 2.38. The first-order chi connectivity index (χ1) is 14.7. The van der Waals surface area contributed by atoms with E-state index in [1.54, 1.807) is 23.4 Å². The van der Waals surface area contributed by atoms with Crippen molar-refractivity contribution in [2.75, 3.05) is 31.1 Å². The number of anilines is 2. The van der Waals surface area contributed by atoms with Gasteiger partial charge in [-0.15, -0.1) is 0 Å². The van der Waals surface area contributed by atoms with E-state index in [4.69, 9.17) is 4.74 Å². The van der Waals surface area contributed by atoms with Crippen LogP contribution in [0.5, 0.6) is 5.75 Å². The smallest absolute Gasteiger partial charge is 0.237 e. The lowest BCUT2D eigenvalue weighted by Crippen LogP contribution is -2.51. The van der Waals surface area contributed by atoms with Crippen LogP contribution in [0, 0.1) is 11.8 Å². The van der Waals surface area contributed by atoms with Gasteiger partial charge >= 0.3 is 0 Å². The number of hydrogen-bond donors (Lipinski definition) is 2. The zero-order valence-corrected chi connectivity index (χ0v) is 16.7. The van der Waals surface area contributed by atoms with Gasteiger partial charge in [-0.05, 0) is 49.7 Å². The van der Waals surface area contributed by atoms with E-state index < -0.39 is 5.60 Å². The molecule has 2 saturated heterocycles. The molecule has 0 spiro atoms. The fourth-order valence-electron chi connectivity index (χ4n) is 4.09. The molecule has 5 rings (SSSR count). The number of carbonyl (C=O) groups excluding carboxylic acids is 2. The summed E-state index contributed by atoms with van der Waals surface area (Å²) >= 11 is 0. The van der Waals surface area contributed by atoms with Crippen LogP contribution in [-0.4, -0.2) is 53.7 Å². The Kier molecular flexibility index (Phi) is 4.96. The number of nitrogens with one attached hydrogen (secondary N) is 2. The third-order valence-electron chi connectivity index (χ3n) is 6.10. The first kappa shape index (κ1) is 19.1. The van der Waals surface area contributed by atoms with Crippen molar-refractivity contribution >= 4 is 23.1 Å². The molecule has 1 atom stereocenters. The molecular weight excluding hydrogens is 382 g/mol. The Labute approximate surface area is 175 Å². The Bertz CT molecular complexity index is 920. The van der Waals surface area contributed by atoms with Crippen LogP contribution in [0.2, 0.25) is 0 Å². The largest absolute Gasteiger partial charge is 0.478 e. The number of ether oxygens (including phenoxy) is 1. The monoisotopic (exact) mass is 407 g/mol. The Morgan fingerprint density at radius 1 is 1.00 bits per heavy atom. The van der Waals surface area contributed by atoms with Gasteiger partial charge in [0.2, 0.25) is 5.91 Å². The number of hydrogen-bond acceptors (Lipinski definition) is 7. The van der Waals surface area contributed by atoms with E-state index in [1.807, 2.05) is 24.3 Å². The second-order valence-electron chi connectivity index (χ2n) is 8.29. The molecule has 3 aliphatic rings. The molecule has 0 bridgehead atoms. The van der Waals surface area contributed by atoms with Gasteiger partial charge < -0.3 is 15.4 Å². The fourth-order valence-corrected chi connectivity index (χ4v) is 4.09. The van der Waals surface area contributed by atoms with Crippen molar-refractivity contribution in [3.8, 4) is 5.75 Å². The maximum Gasteiger partial charge on any atom is 0.237 e. The second kappa shape index (κ2) is 7.77. The Morgan fingerprint density at radius 2 is 1.80 bits per heavy atom. The molecule has 2 aliphatic heterocycles. The molecule has 3 fully saturated rings. The summed E-state index contributed by atoms with van der Waals surface area (Å²) in [6.45, 7) is 2.68. The van der Waals surface area contributed by atoms with E-state index >= 15 is 0 Å². The summed E-state index contributed by atoms with van der Waals surface area (Å²) in [7, 11) is 0. The maximum atomic E-state index is 13.1. The molecule has 2 aromatic rings. The van der Waals surface area contributed by atoms with Crippen molar-refractivity contribution in [2.45, 2.75) is 24.9 Å². The molecule has 1 aliphatic carbocycles. The van der Waals surface area contributed by atoms with Crippen LogP contribution in [-0.2, 0) is 9.59 Å². The first-order valence-electron chi connectivity index (χ1n) is 10.5. The Hall–Kier alpha value is -2.84. The number of benzene rings is 1. The quantitative estimate of drug-likeness (QED) is 0.717. The zero-order chi connectivity index (χ0) is 20.6. The van der Waals surface area contributed by atoms with E-state index in [-0.39, 0.29) is 23.5 Å². The predicted octanol–water partition coefficient (Wildman–Crippen LogP) is 1.45. The van der Waals surface area contributed by atoms with E-state index in [0.29, 0.717) is 37.5 Å². The third kappa shape index (κ3) is 3.57. The fraction of sp³-hybridized carbons (Fsp3) is 0.455. The van der Waals surface area contributed by atoms with Gasteiger partial charge in [-0.25, -0.2) is 0 Å². The van der Waals surface area contributed by atoms with Gasteiger partial charge in [-0.3, -0.25) is 14.5 Å². The summed E-state index contributed by atoms with van der Waals surface area (Å²) in [4.78, 5) is 27.6. The lowest BCUT2D eigenvalue weighted by atomic mass is 9.93. The number of amides is 1. The summed E-state index contributed by atoms with van der Waals surface area (Å²) in [5.74, 6) is 0.970. The molecular formula is C22H25N5O3. The first-order valence-corrected chi connectivity index (χ1v) is 10.5. The van der Waals surface area contributed by atoms with Crippen molar-refractivity contribution in [3.05, 3.63) is 42.7 Å². The van der Waals surface area contributed by atoms with Gasteiger partial charge in [0.25, 0.3) is 0 Å². The number of ketones is 1. The molecule has 1 aromatic carbocycles. The molecule has 156 valence electrons. The number of nitrogens with zero attached hydrogens (tertiary/aromatic N) is 3. The molecule has 0 radical (unpaired) electrons. The highest BCUT2D eigenvalue weighted by Gasteiger charge is 2.49. The standard InChI is InChI=1S/C22H25N5O3/c28-20(15-1-2-15)22(8-10-23-14-22)30-19-5-3-17(4-6-19)27(18-7-9-25-26-13-18)21(29)16-11-24-12-16/h3-7,9,13,15-16,23-24H,1-2,8,10-12,14H2/t22-/m1/s1.